The summed E-state index contributed by atoms with van der Waals surface area (Å²) in [6.45, 7) is 6.87. The van der Waals surface area contributed by atoms with E-state index in [1.54, 1.807) is 0 Å². The second-order valence-electron chi connectivity index (χ2n) is 8.05. The van der Waals surface area contributed by atoms with Crippen LogP contribution in [0.4, 0.5) is 5.82 Å². The van der Waals surface area contributed by atoms with Crippen molar-refractivity contribution in [2.24, 2.45) is 0 Å². The molecule has 1 aliphatic rings. The summed E-state index contributed by atoms with van der Waals surface area (Å²) in [7, 11) is 3.83. The van der Waals surface area contributed by atoms with E-state index in [1.807, 2.05) is 43.3 Å². The number of nitrogens with zero attached hydrogens (tertiary/aromatic N) is 2. The van der Waals surface area contributed by atoms with Crippen molar-refractivity contribution in [3.05, 3.63) is 47.5 Å². The monoisotopic (exact) mass is 367 g/mol. The van der Waals surface area contributed by atoms with Gasteiger partial charge < -0.3 is 15.0 Å². The molecular formula is C22H29N3O2. The molecule has 2 heterocycles. The number of hydrogen-bond donors (Lipinski definition) is 1. The fourth-order valence-corrected chi connectivity index (χ4v) is 3.60. The van der Waals surface area contributed by atoms with Gasteiger partial charge in [0.1, 0.15) is 5.82 Å². The van der Waals surface area contributed by atoms with Crippen LogP contribution in [0.2, 0.25) is 0 Å². The molecule has 0 aliphatic carbocycles. The van der Waals surface area contributed by atoms with E-state index in [1.165, 1.54) is 0 Å². The van der Waals surface area contributed by atoms with Crippen LogP contribution in [-0.4, -0.2) is 43.2 Å². The molecule has 0 bridgehead atoms. The summed E-state index contributed by atoms with van der Waals surface area (Å²) in [5, 5.41) is 3.17. The molecule has 3 rings (SSSR count). The summed E-state index contributed by atoms with van der Waals surface area (Å²) in [5.41, 5.74) is 3.52. The number of amides is 1. The molecule has 1 aromatic carbocycles. The minimum Gasteiger partial charge on any atom is -0.375 e. The summed E-state index contributed by atoms with van der Waals surface area (Å²) >= 11 is 0. The van der Waals surface area contributed by atoms with E-state index in [0.29, 0.717) is 18.0 Å². The molecule has 144 valence electrons. The highest BCUT2D eigenvalue weighted by molar-refractivity contribution is 5.99. The molecule has 1 fully saturated rings. The Morgan fingerprint density at radius 1 is 1.22 bits per heavy atom. The van der Waals surface area contributed by atoms with Crippen LogP contribution < -0.4 is 10.2 Å². The number of hydrogen-bond acceptors (Lipinski definition) is 4. The van der Waals surface area contributed by atoms with E-state index in [0.717, 1.165) is 29.7 Å². The Balaban J connectivity index is 1.87. The van der Waals surface area contributed by atoms with Crippen LogP contribution in [0.15, 0.2) is 36.4 Å². The Bertz CT molecular complexity index is 830. The van der Waals surface area contributed by atoms with Gasteiger partial charge in [-0.15, -0.1) is 0 Å². The van der Waals surface area contributed by atoms with Crippen LogP contribution in [0.1, 0.15) is 42.6 Å². The van der Waals surface area contributed by atoms with Gasteiger partial charge in [0.2, 0.25) is 0 Å². The van der Waals surface area contributed by atoms with Gasteiger partial charge in [-0.1, -0.05) is 24.3 Å². The summed E-state index contributed by atoms with van der Waals surface area (Å²) in [6.07, 6.45) is 1.64. The Hall–Kier alpha value is -2.40. The highest BCUT2D eigenvalue weighted by Crippen LogP contribution is 2.27. The molecule has 1 saturated heterocycles. The van der Waals surface area contributed by atoms with Crippen molar-refractivity contribution in [2.75, 3.05) is 25.6 Å². The van der Waals surface area contributed by atoms with E-state index in [-0.39, 0.29) is 17.6 Å². The van der Waals surface area contributed by atoms with Gasteiger partial charge in [-0.05, 0) is 51.3 Å². The third-order valence-corrected chi connectivity index (χ3v) is 5.00. The standard InChI is InChI=1S/C22H29N3O2/c1-15-8-6-7-9-17(15)19-11-10-18(20(24-19)25(4)5)21(26)23-16-12-13-27-22(2,3)14-16/h6-11,16H,12-14H2,1-5H3,(H,23,26). The first kappa shape index (κ1) is 19.4. The smallest absolute Gasteiger partial charge is 0.255 e. The molecule has 1 aromatic heterocycles. The molecular weight excluding hydrogens is 338 g/mol. The lowest BCUT2D eigenvalue weighted by Crippen LogP contribution is -2.46. The third kappa shape index (κ3) is 4.48. The largest absolute Gasteiger partial charge is 0.375 e. The Morgan fingerprint density at radius 3 is 2.63 bits per heavy atom. The number of aromatic nitrogens is 1. The molecule has 1 N–H and O–H groups in total. The van der Waals surface area contributed by atoms with E-state index >= 15 is 0 Å². The molecule has 1 unspecified atom stereocenters. The van der Waals surface area contributed by atoms with Crippen molar-refractivity contribution in [3.8, 4) is 11.3 Å². The molecule has 5 nitrogen and oxygen atoms in total. The Morgan fingerprint density at radius 2 is 1.96 bits per heavy atom. The molecule has 0 spiro atoms. The number of rotatable bonds is 4. The minimum atomic E-state index is -0.201. The van der Waals surface area contributed by atoms with Crippen molar-refractivity contribution >= 4 is 11.7 Å². The van der Waals surface area contributed by atoms with Gasteiger partial charge in [0.05, 0.1) is 16.9 Å². The molecule has 1 aliphatic heterocycles. The van der Waals surface area contributed by atoms with Gasteiger partial charge in [-0.2, -0.15) is 0 Å². The number of carbonyl (C=O) groups is 1. The van der Waals surface area contributed by atoms with Crippen molar-refractivity contribution < 1.29 is 9.53 Å². The predicted octanol–water partition coefficient (Wildman–Crippen LogP) is 3.81. The van der Waals surface area contributed by atoms with Gasteiger partial charge >= 0.3 is 0 Å². The SMILES string of the molecule is Cc1ccccc1-c1ccc(C(=O)NC2CCOC(C)(C)C2)c(N(C)C)n1. The Labute approximate surface area is 161 Å². The van der Waals surface area contributed by atoms with Crippen LogP contribution in [-0.2, 0) is 4.74 Å². The van der Waals surface area contributed by atoms with Crippen molar-refractivity contribution in [1.29, 1.82) is 0 Å². The average Bonchev–Trinajstić information content (AvgIpc) is 2.60. The maximum atomic E-state index is 12.9. The van der Waals surface area contributed by atoms with Crippen LogP contribution in [0.25, 0.3) is 11.3 Å². The summed E-state index contributed by atoms with van der Waals surface area (Å²) in [4.78, 5) is 19.6. The number of benzene rings is 1. The van der Waals surface area contributed by atoms with Crippen LogP contribution in [0.3, 0.4) is 0 Å². The second kappa shape index (κ2) is 7.69. The number of aryl methyl sites for hydroxylation is 1. The molecule has 27 heavy (non-hydrogen) atoms. The van der Waals surface area contributed by atoms with E-state index in [9.17, 15) is 4.79 Å². The number of ether oxygens (including phenoxy) is 1. The number of anilines is 1. The summed E-state index contributed by atoms with van der Waals surface area (Å²) in [5.74, 6) is 0.602. The maximum absolute atomic E-state index is 12.9. The van der Waals surface area contributed by atoms with Gasteiger partial charge in [0.15, 0.2) is 0 Å². The zero-order chi connectivity index (χ0) is 19.6. The Kier molecular flexibility index (Phi) is 5.51. The van der Waals surface area contributed by atoms with Crippen LogP contribution in [0.5, 0.6) is 0 Å². The lowest BCUT2D eigenvalue weighted by molar-refractivity contribution is -0.0615. The topological polar surface area (TPSA) is 54.5 Å². The zero-order valence-electron chi connectivity index (χ0n) is 16.9. The average molecular weight is 367 g/mol. The molecule has 0 radical (unpaired) electrons. The molecule has 1 amide bonds. The molecule has 0 saturated carbocycles. The van der Waals surface area contributed by atoms with Crippen molar-refractivity contribution in [1.82, 2.24) is 10.3 Å². The van der Waals surface area contributed by atoms with Gasteiger partial charge in [-0.25, -0.2) is 4.98 Å². The van der Waals surface area contributed by atoms with Crippen LogP contribution in [0, 0.1) is 6.92 Å². The third-order valence-electron chi connectivity index (χ3n) is 5.00. The van der Waals surface area contributed by atoms with E-state index < -0.39 is 0 Å². The van der Waals surface area contributed by atoms with Gasteiger partial charge in [0.25, 0.3) is 5.91 Å². The molecule has 5 heteroatoms. The first-order valence-electron chi connectivity index (χ1n) is 9.46. The molecule has 2 aromatic rings. The summed E-state index contributed by atoms with van der Waals surface area (Å²) in [6, 6.07) is 12.1. The van der Waals surface area contributed by atoms with E-state index in [2.05, 4.69) is 38.2 Å². The fraction of sp³-hybridized carbons (Fsp3) is 0.455. The highest BCUT2D eigenvalue weighted by atomic mass is 16.5. The first-order chi connectivity index (χ1) is 12.8. The maximum Gasteiger partial charge on any atom is 0.255 e. The van der Waals surface area contributed by atoms with Crippen LogP contribution >= 0.6 is 0 Å². The van der Waals surface area contributed by atoms with Crippen molar-refractivity contribution in [3.63, 3.8) is 0 Å². The number of carbonyl (C=O) groups excluding carboxylic acids is 1. The fourth-order valence-electron chi connectivity index (χ4n) is 3.60. The second-order valence-corrected chi connectivity index (χ2v) is 8.05. The normalized spacial score (nSPS) is 18.8. The number of pyridine rings is 1. The zero-order valence-corrected chi connectivity index (χ0v) is 16.9. The van der Waals surface area contributed by atoms with Gasteiger partial charge in [-0.3, -0.25) is 4.79 Å². The predicted molar refractivity (Wildman–Crippen MR) is 109 cm³/mol. The molecule has 1 atom stereocenters. The first-order valence-corrected chi connectivity index (χ1v) is 9.46. The quantitative estimate of drug-likeness (QED) is 0.893. The lowest BCUT2D eigenvalue weighted by Gasteiger charge is -2.35. The number of nitrogens with one attached hydrogen (secondary N) is 1. The summed E-state index contributed by atoms with van der Waals surface area (Å²) < 4.78 is 5.75. The minimum absolute atomic E-state index is 0.0785. The lowest BCUT2D eigenvalue weighted by atomic mass is 9.93. The highest BCUT2D eigenvalue weighted by Gasteiger charge is 2.30. The van der Waals surface area contributed by atoms with Crippen molar-refractivity contribution in [2.45, 2.75) is 45.3 Å². The van der Waals surface area contributed by atoms with E-state index in [4.69, 9.17) is 9.72 Å². The van der Waals surface area contributed by atoms with Gasteiger partial charge in [0, 0.05) is 32.3 Å².